The standard InChI is InChI=1S/C20H22F4N4S/c1-12(2)9-28-10-16(19(3,4)5)29-18(28)27-17(26-11-25)14-8-13(20(22,23)24)6-7-15(14)21/h6-8,10,12H,9H2,1-5H3/b26-17?,27-18-. The highest BCUT2D eigenvalue weighted by molar-refractivity contribution is 7.09. The molecule has 0 aliphatic carbocycles. The van der Waals surface area contributed by atoms with Gasteiger partial charge in [0.05, 0.1) is 11.1 Å². The van der Waals surface area contributed by atoms with Gasteiger partial charge in [-0.05, 0) is 29.5 Å². The van der Waals surface area contributed by atoms with Gasteiger partial charge in [0.1, 0.15) is 5.82 Å². The van der Waals surface area contributed by atoms with Crippen molar-refractivity contribution in [2.75, 3.05) is 0 Å². The van der Waals surface area contributed by atoms with Gasteiger partial charge in [-0.25, -0.2) is 4.39 Å². The van der Waals surface area contributed by atoms with E-state index in [1.807, 2.05) is 45.4 Å². The molecule has 29 heavy (non-hydrogen) atoms. The number of aromatic nitrogens is 1. The van der Waals surface area contributed by atoms with Crippen molar-refractivity contribution in [3.05, 3.63) is 51.0 Å². The summed E-state index contributed by atoms with van der Waals surface area (Å²) in [4.78, 5) is 9.24. The van der Waals surface area contributed by atoms with Crippen molar-refractivity contribution in [1.29, 1.82) is 5.26 Å². The zero-order valence-corrected chi connectivity index (χ0v) is 17.6. The van der Waals surface area contributed by atoms with E-state index in [1.54, 1.807) is 0 Å². The van der Waals surface area contributed by atoms with Gasteiger partial charge in [-0.1, -0.05) is 34.6 Å². The number of thiazole rings is 1. The van der Waals surface area contributed by atoms with Crippen LogP contribution in [0.4, 0.5) is 17.6 Å². The molecular weight excluding hydrogens is 404 g/mol. The van der Waals surface area contributed by atoms with Gasteiger partial charge in [-0.2, -0.15) is 28.4 Å². The van der Waals surface area contributed by atoms with Gasteiger partial charge in [0, 0.05) is 17.6 Å². The van der Waals surface area contributed by atoms with Gasteiger partial charge in [0.25, 0.3) is 0 Å². The van der Waals surface area contributed by atoms with Crippen LogP contribution in [0.3, 0.4) is 0 Å². The Hall–Kier alpha value is -2.47. The maximum Gasteiger partial charge on any atom is 0.416 e. The summed E-state index contributed by atoms with van der Waals surface area (Å²) in [6, 6.07) is 1.97. The summed E-state index contributed by atoms with van der Waals surface area (Å²) in [5, 5.41) is 9.00. The van der Waals surface area contributed by atoms with Crippen molar-refractivity contribution in [2.45, 2.75) is 52.8 Å². The van der Waals surface area contributed by atoms with E-state index in [9.17, 15) is 17.6 Å². The van der Waals surface area contributed by atoms with E-state index < -0.39 is 29.0 Å². The van der Waals surface area contributed by atoms with Crippen LogP contribution in [0.5, 0.6) is 0 Å². The molecule has 156 valence electrons. The first-order valence-corrected chi connectivity index (χ1v) is 9.74. The van der Waals surface area contributed by atoms with Gasteiger partial charge >= 0.3 is 6.18 Å². The van der Waals surface area contributed by atoms with E-state index >= 15 is 0 Å². The molecule has 0 atom stereocenters. The minimum absolute atomic E-state index is 0.175. The lowest BCUT2D eigenvalue weighted by atomic mass is 9.95. The average Bonchev–Trinajstić information content (AvgIpc) is 2.96. The SMILES string of the molecule is CC(C)Cn1cc(C(C)(C)C)s/c1=N\C(=NC#N)c1cc(C(F)(F)F)ccc1F. The van der Waals surface area contributed by atoms with Crippen LogP contribution in [0.15, 0.2) is 34.4 Å². The lowest BCUT2D eigenvalue weighted by molar-refractivity contribution is -0.137. The van der Waals surface area contributed by atoms with Gasteiger partial charge in [-0.3, -0.25) is 0 Å². The molecule has 0 aliphatic heterocycles. The Morgan fingerprint density at radius 3 is 2.41 bits per heavy atom. The average molecular weight is 426 g/mol. The summed E-state index contributed by atoms with van der Waals surface area (Å²) in [5.41, 5.74) is -1.68. The van der Waals surface area contributed by atoms with Crippen LogP contribution in [0, 0.1) is 23.2 Å². The first kappa shape index (κ1) is 22.8. The van der Waals surface area contributed by atoms with E-state index in [0.717, 1.165) is 4.88 Å². The molecule has 0 N–H and O–H groups in total. The molecule has 0 unspecified atom stereocenters. The van der Waals surface area contributed by atoms with Crippen LogP contribution in [0.2, 0.25) is 0 Å². The molecule has 0 saturated heterocycles. The molecule has 0 aliphatic rings. The molecule has 1 aromatic heterocycles. The van der Waals surface area contributed by atoms with Crippen molar-refractivity contribution in [2.24, 2.45) is 15.9 Å². The molecule has 0 spiro atoms. The van der Waals surface area contributed by atoms with Gasteiger partial charge in [-0.15, -0.1) is 11.3 Å². The van der Waals surface area contributed by atoms with Gasteiger partial charge in [0.2, 0.25) is 6.19 Å². The maximum atomic E-state index is 14.3. The third kappa shape index (κ3) is 5.76. The molecule has 0 saturated carbocycles. The lowest BCUT2D eigenvalue weighted by Gasteiger charge is -2.14. The van der Waals surface area contributed by atoms with E-state index in [-0.39, 0.29) is 11.3 Å². The highest BCUT2D eigenvalue weighted by Crippen LogP contribution is 2.30. The van der Waals surface area contributed by atoms with Crippen molar-refractivity contribution in [3.8, 4) is 6.19 Å². The van der Waals surface area contributed by atoms with Crippen molar-refractivity contribution in [1.82, 2.24) is 4.57 Å². The zero-order chi connectivity index (χ0) is 22.0. The number of amidine groups is 1. The topological polar surface area (TPSA) is 53.4 Å². The summed E-state index contributed by atoms with van der Waals surface area (Å²) < 4.78 is 55.3. The largest absolute Gasteiger partial charge is 0.416 e. The molecule has 1 heterocycles. The Morgan fingerprint density at radius 1 is 1.24 bits per heavy atom. The maximum absolute atomic E-state index is 14.3. The first-order chi connectivity index (χ1) is 13.3. The van der Waals surface area contributed by atoms with Crippen molar-refractivity contribution < 1.29 is 17.6 Å². The van der Waals surface area contributed by atoms with E-state index in [0.29, 0.717) is 29.5 Å². The minimum Gasteiger partial charge on any atom is -0.323 e. The monoisotopic (exact) mass is 426 g/mol. The number of alkyl halides is 3. The lowest BCUT2D eigenvalue weighted by Crippen LogP contribution is -2.19. The summed E-state index contributed by atoms with van der Waals surface area (Å²) in [7, 11) is 0. The van der Waals surface area contributed by atoms with E-state index in [1.165, 1.54) is 17.5 Å². The zero-order valence-electron chi connectivity index (χ0n) is 16.8. The van der Waals surface area contributed by atoms with Crippen LogP contribution in [0.1, 0.15) is 50.6 Å². The Balaban J connectivity index is 2.71. The molecule has 0 fully saturated rings. The van der Waals surface area contributed by atoms with Crippen LogP contribution >= 0.6 is 11.3 Å². The van der Waals surface area contributed by atoms with E-state index in [4.69, 9.17) is 5.26 Å². The molecular formula is C20H22F4N4S. The van der Waals surface area contributed by atoms with Crippen molar-refractivity contribution >= 4 is 17.2 Å². The number of benzene rings is 1. The third-order valence-corrected chi connectivity index (χ3v) is 5.36. The fourth-order valence-electron chi connectivity index (χ4n) is 2.49. The van der Waals surface area contributed by atoms with Gasteiger partial charge < -0.3 is 4.57 Å². The second-order valence-corrected chi connectivity index (χ2v) is 9.02. The summed E-state index contributed by atoms with van der Waals surface area (Å²) >= 11 is 1.33. The van der Waals surface area contributed by atoms with Crippen LogP contribution in [-0.4, -0.2) is 10.4 Å². The quantitative estimate of drug-likeness (QED) is 0.277. The number of nitrogens with zero attached hydrogens (tertiary/aromatic N) is 4. The second-order valence-electron chi connectivity index (χ2n) is 8.01. The van der Waals surface area contributed by atoms with Gasteiger partial charge in [0.15, 0.2) is 10.6 Å². The molecule has 1 aromatic carbocycles. The number of halogens is 4. The van der Waals surface area contributed by atoms with Crippen LogP contribution in [-0.2, 0) is 18.1 Å². The minimum atomic E-state index is -4.65. The molecule has 2 rings (SSSR count). The molecule has 4 nitrogen and oxygen atoms in total. The van der Waals surface area contributed by atoms with Crippen LogP contribution in [0.25, 0.3) is 0 Å². The Labute approximate surface area is 170 Å². The molecule has 9 heteroatoms. The normalized spacial score (nSPS) is 13.8. The van der Waals surface area contributed by atoms with E-state index in [2.05, 4.69) is 9.98 Å². The number of aliphatic imine (C=N–C) groups is 1. The smallest absolute Gasteiger partial charge is 0.323 e. The molecule has 0 radical (unpaired) electrons. The predicted molar refractivity (Wildman–Crippen MR) is 105 cm³/mol. The molecule has 2 aromatic rings. The summed E-state index contributed by atoms with van der Waals surface area (Å²) in [6.07, 6.45) is -1.22. The number of hydrogen-bond donors (Lipinski definition) is 0. The second kappa shape index (κ2) is 8.49. The molecule has 0 amide bonds. The Kier molecular flexibility index (Phi) is 6.68. The number of rotatable bonds is 3. The number of nitriles is 1. The molecule has 0 bridgehead atoms. The van der Waals surface area contributed by atoms with Crippen LogP contribution < -0.4 is 4.80 Å². The Bertz CT molecular complexity index is 1010. The van der Waals surface area contributed by atoms with Crippen molar-refractivity contribution in [3.63, 3.8) is 0 Å². The predicted octanol–water partition coefficient (Wildman–Crippen LogP) is 5.49. The first-order valence-electron chi connectivity index (χ1n) is 8.92. The highest BCUT2D eigenvalue weighted by Gasteiger charge is 2.31. The number of hydrogen-bond acceptors (Lipinski definition) is 3. The third-order valence-electron chi connectivity index (χ3n) is 3.91. The highest BCUT2D eigenvalue weighted by atomic mass is 32.1. The summed E-state index contributed by atoms with van der Waals surface area (Å²) in [6.45, 7) is 10.7. The Morgan fingerprint density at radius 2 is 1.90 bits per heavy atom. The fourth-order valence-corrected chi connectivity index (χ4v) is 3.55. The fraction of sp³-hybridized carbons (Fsp3) is 0.450. The summed E-state index contributed by atoms with van der Waals surface area (Å²) in [5.74, 6) is -1.05.